The summed E-state index contributed by atoms with van der Waals surface area (Å²) in [5.41, 5.74) is 0. The second-order valence-corrected chi connectivity index (χ2v) is 11.4. The van der Waals surface area contributed by atoms with E-state index in [1.807, 2.05) is 0 Å². The van der Waals surface area contributed by atoms with Gasteiger partial charge >= 0.3 is 0 Å². The number of thioether (sulfide) groups is 1. The van der Waals surface area contributed by atoms with Crippen molar-refractivity contribution in [2.75, 3.05) is 17.6 Å². The van der Waals surface area contributed by atoms with Gasteiger partial charge in [0.25, 0.3) is 0 Å². The molecule has 1 aliphatic rings. The van der Waals surface area contributed by atoms with Gasteiger partial charge in [0.1, 0.15) is 6.04 Å². The van der Waals surface area contributed by atoms with E-state index in [0.29, 0.717) is 35.5 Å². The first-order valence-corrected chi connectivity index (χ1v) is 12.4. The molecule has 1 atom stereocenters. The first-order chi connectivity index (χ1) is 13.3. The number of nitrogens with zero attached hydrogens (tertiary/aromatic N) is 3. The Morgan fingerprint density at radius 1 is 1.36 bits per heavy atom. The minimum absolute atomic E-state index is 0.125. The predicted molar refractivity (Wildman–Crippen MR) is 112 cm³/mol. The first kappa shape index (κ1) is 21.5. The SMILES string of the molecule is CC(C)CSc1nnc(NC(=O)[C@@H]2CCCN2S(=O)(=O)c2ccc(Cl)cc2)s1. The summed E-state index contributed by atoms with van der Waals surface area (Å²) < 4.78 is 27.9. The van der Waals surface area contributed by atoms with Crippen LogP contribution in [-0.4, -0.2) is 47.2 Å². The van der Waals surface area contributed by atoms with Crippen molar-refractivity contribution < 1.29 is 13.2 Å². The maximum Gasteiger partial charge on any atom is 0.244 e. The van der Waals surface area contributed by atoms with Crippen LogP contribution in [0.2, 0.25) is 5.02 Å². The van der Waals surface area contributed by atoms with Crippen LogP contribution < -0.4 is 5.32 Å². The molecule has 152 valence electrons. The Morgan fingerprint density at radius 3 is 2.75 bits per heavy atom. The fraction of sp³-hybridized carbons (Fsp3) is 0.471. The quantitative estimate of drug-likeness (QED) is 0.500. The van der Waals surface area contributed by atoms with Gasteiger partial charge in [0.15, 0.2) is 4.34 Å². The monoisotopic (exact) mass is 460 g/mol. The fourth-order valence-corrected chi connectivity index (χ4v) is 6.29. The lowest BCUT2D eigenvalue weighted by Gasteiger charge is -2.23. The van der Waals surface area contributed by atoms with E-state index in [1.165, 1.54) is 39.9 Å². The molecule has 1 aliphatic heterocycles. The van der Waals surface area contributed by atoms with E-state index in [2.05, 4.69) is 29.4 Å². The lowest BCUT2D eigenvalue weighted by atomic mass is 10.2. The van der Waals surface area contributed by atoms with Crippen LogP contribution in [0.1, 0.15) is 26.7 Å². The standard InChI is InChI=1S/C17H21ClN4O3S3/c1-11(2)10-26-17-21-20-16(27-17)19-15(23)14-4-3-9-22(14)28(24,25)13-7-5-12(18)6-8-13/h5-8,11,14H,3-4,9-10H2,1-2H3,(H,19,20,23)/t14-/m0/s1. The van der Waals surface area contributed by atoms with E-state index in [9.17, 15) is 13.2 Å². The molecule has 3 rings (SSSR count). The van der Waals surface area contributed by atoms with Gasteiger partial charge < -0.3 is 0 Å². The summed E-state index contributed by atoms with van der Waals surface area (Å²) in [5.74, 6) is 1.06. The van der Waals surface area contributed by atoms with Gasteiger partial charge in [-0.05, 0) is 43.0 Å². The van der Waals surface area contributed by atoms with E-state index in [1.54, 1.807) is 11.8 Å². The fourth-order valence-electron chi connectivity index (χ4n) is 2.78. The number of rotatable bonds is 7. The Morgan fingerprint density at radius 2 is 2.07 bits per heavy atom. The third-order valence-corrected chi connectivity index (χ3v) is 8.68. The number of halogens is 1. The van der Waals surface area contributed by atoms with E-state index >= 15 is 0 Å². The summed E-state index contributed by atoms with van der Waals surface area (Å²) >= 11 is 8.73. The normalized spacial score (nSPS) is 17.9. The highest BCUT2D eigenvalue weighted by Crippen LogP contribution is 2.30. The van der Waals surface area contributed by atoms with Crippen LogP contribution in [0.15, 0.2) is 33.5 Å². The molecule has 7 nitrogen and oxygen atoms in total. The van der Waals surface area contributed by atoms with Crippen molar-refractivity contribution >= 4 is 55.8 Å². The van der Waals surface area contributed by atoms with Gasteiger partial charge in [0, 0.05) is 17.3 Å². The Labute approximate surface area is 177 Å². The van der Waals surface area contributed by atoms with Crippen LogP contribution in [0.5, 0.6) is 0 Å². The van der Waals surface area contributed by atoms with Crippen molar-refractivity contribution in [2.24, 2.45) is 5.92 Å². The van der Waals surface area contributed by atoms with Crippen LogP contribution in [0.3, 0.4) is 0 Å². The Kier molecular flexibility index (Phi) is 6.98. The number of carbonyl (C=O) groups is 1. The number of nitrogens with one attached hydrogen (secondary N) is 1. The molecule has 28 heavy (non-hydrogen) atoms. The largest absolute Gasteiger partial charge is 0.299 e. The van der Waals surface area contributed by atoms with Gasteiger partial charge in [-0.3, -0.25) is 10.1 Å². The maximum absolute atomic E-state index is 12.9. The van der Waals surface area contributed by atoms with Gasteiger partial charge in [-0.2, -0.15) is 4.31 Å². The number of hydrogen-bond acceptors (Lipinski definition) is 7. The number of anilines is 1. The zero-order valence-electron chi connectivity index (χ0n) is 15.5. The third kappa shape index (κ3) is 5.04. The lowest BCUT2D eigenvalue weighted by Crippen LogP contribution is -2.43. The van der Waals surface area contributed by atoms with E-state index in [-0.39, 0.29) is 10.8 Å². The Hall–Kier alpha value is -1.20. The van der Waals surface area contributed by atoms with Crippen LogP contribution in [0.4, 0.5) is 5.13 Å². The van der Waals surface area contributed by atoms with Gasteiger partial charge in [0.05, 0.1) is 4.90 Å². The lowest BCUT2D eigenvalue weighted by molar-refractivity contribution is -0.119. The molecule has 0 aliphatic carbocycles. The van der Waals surface area contributed by atoms with Crippen molar-refractivity contribution in [2.45, 2.75) is 42.0 Å². The van der Waals surface area contributed by atoms with Crippen molar-refractivity contribution in [3.05, 3.63) is 29.3 Å². The third-order valence-electron chi connectivity index (χ3n) is 4.10. The molecule has 1 amide bonds. The second-order valence-electron chi connectivity index (χ2n) is 6.79. The number of carbonyl (C=O) groups excluding carboxylic acids is 1. The average Bonchev–Trinajstić information content (AvgIpc) is 3.30. The van der Waals surface area contributed by atoms with Gasteiger partial charge in [-0.1, -0.05) is 48.5 Å². The molecule has 1 saturated heterocycles. The number of sulfonamides is 1. The zero-order chi connectivity index (χ0) is 20.3. The minimum atomic E-state index is -3.78. The van der Waals surface area contributed by atoms with E-state index in [4.69, 9.17) is 11.6 Å². The molecule has 1 aromatic carbocycles. The summed E-state index contributed by atoms with van der Waals surface area (Å²) in [6.07, 6.45) is 1.09. The second kappa shape index (κ2) is 9.08. The highest BCUT2D eigenvalue weighted by atomic mass is 35.5. The van der Waals surface area contributed by atoms with E-state index < -0.39 is 16.1 Å². The van der Waals surface area contributed by atoms with Crippen molar-refractivity contribution in [3.63, 3.8) is 0 Å². The highest BCUT2D eigenvalue weighted by Gasteiger charge is 2.39. The van der Waals surface area contributed by atoms with Crippen LogP contribution >= 0.6 is 34.7 Å². The van der Waals surface area contributed by atoms with Crippen molar-refractivity contribution in [1.29, 1.82) is 0 Å². The van der Waals surface area contributed by atoms with Crippen LogP contribution in [0, 0.1) is 5.92 Å². The maximum atomic E-state index is 12.9. The van der Waals surface area contributed by atoms with E-state index in [0.717, 1.165) is 10.1 Å². The number of benzene rings is 1. The summed E-state index contributed by atoms with van der Waals surface area (Å²) in [6.45, 7) is 4.54. The van der Waals surface area contributed by atoms with Crippen molar-refractivity contribution in [1.82, 2.24) is 14.5 Å². The topological polar surface area (TPSA) is 92.3 Å². The molecule has 1 aromatic heterocycles. The molecular weight excluding hydrogens is 440 g/mol. The summed E-state index contributed by atoms with van der Waals surface area (Å²) in [4.78, 5) is 12.9. The number of aromatic nitrogens is 2. The Balaban J connectivity index is 1.70. The molecule has 2 aromatic rings. The van der Waals surface area contributed by atoms with Crippen LogP contribution in [0.25, 0.3) is 0 Å². The summed E-state index contributed by atoms with van der Waals surface area (Å²) in [6, 6.07) is 5.19. The van der Waals surface area contributed by atoms with Gasteiger partial charge in [-0.25, -0.2) is 8.42 Å². The zero-order valence-corrected chi connectivity index (χ0v) is 18.7. The minimum Gasteiger partial charge on any atom is -0.299 e. The predicted octanol–water partition coefficient (Wildman–Crippen LogP) is 3.73. The summed E-state index contributed by atoms with van der Waals surface area (Å²) in [5, 5.41) is 11.6. The smallest absolute Gasteiger partial charge is 0.244 e. The van der Waals surface area contributed by atoms with Gasteiger partial charge in [0.2, 0.25) is 21.1 Å². The first-order valence-electron chi connectivity index (χ1n) is 8.82. The molecule has 1 N–H and O–H groups in total. The molecule has 2 heterocycles. The average molecular weight is 461 g/mol. The Bertz CT molecular complexity index is 931. The molecule has 0 bridgehead atoms. The molecule has 1 fully saturated rings. The molecular formula is C17H21ClN4O3S3. The molecule has 0 spiro atoms. The number of hydrogen-bond donors (Lipinski definition) is 1. The van der Waals surface area contributed by atoms with Crippen molar-refractivity contribution in [3.8, 4) is 0 Å². The molecule has 11 heteroatoms. The molecule has 0 saturated carbocycles. The highest BCUT2D eigenvalue weighted by molar-refractivity contribution is 8.01. The van der Waals surface area contributed by atoms with Gasteiger partial charge in [-0.15, -0.1) is 10.2 Å². The molecule has 0 unspecified atom stereocenters. The number of amides is 1. The summed E-state index contributed by atoms with van der Waals surface area (Å²) in [7, 11) is -3.78. The van der Waals surface area contributed by atoms with Crippen LogP contribution in [-0.2, 0) is 14.8 Å². The molecule has 0 radical (unpaired) electrons.